The van der Waals surface area contributed by atoms with Crippen molar-refractivity contribution in [2.45, 2.75) is 39.2 Å². The van der Waals surface area contributed by atoms with Crippen molar-refractivity contribution in [3.05, 3.63) is 64.4 Å². The van der Waals surface area contributed by atoms with E-state index in [1.165, 1.54) is 6.07 Å². The number of anilines is 1. The van der Waals surface area contributed by atoms with E-state index in [9.17, 15) is 18.8 Å². The van der Waals surface area contributed by atoms with Gasteiger partial charge in [-0.2, -0.15) is 0 Å². The molecule has 0 bridgehead atoms. The Morgan fingerprint density at radius 1 is 1.00 bits per heavy atom. The molecule has 0 aromatic heterocycles. The number of ether oxygens (including phenoxy) is 1. The van der Waals surface area contributed by atoms with Crippen LogP contribution in [-0.4, -0.2) is 91.1 Å². The Labute approximate surface area is 246 Å². The number of rotatable bonds is 7. The third-order valence-corrected chi connectivity index (χ3v) is 9.06. The van der Waals surface area contributed by atoms with Crippen LogP contribution in [0.25, 0.3) is 0 Å². The van der Waals surface area contributed by atoms with Gasteiger partial charge in [-0.15, -0.1) is 0 Å². The molecule has 2 aromatic rings. The molecule has 0 spiro atoms. The van der Waals surface area contributed by atoms with E-state index < -0.39 is 11.9 Å². The van der Waals surface area contributed by atoms with Crippen LogP contribution in [0.2, 0.25) is 5.02 Å². The zero-order valence-electron chi connectivity index (χ0n) is 23.7. The molecule has 0 N–H and O–H groups in total. The van der Waals surface area contributed by atoms with E-state index in [4.69, 9.17) is 16.3 Å². The van der Waals surface area contributed by atoms with Crippen molar-refractivity contribution >= 4 is 35.2 Å². The van der Waals surface area contributed by atoms with Crippen LogP contribution >= 0.6 is 11.6 Å². The van der Waals surface area contributed by atoms with Crippen molar-refractivity contribution in [2.75, 3.05) is 57.3 Å². The Morgan fingerprint density at radius 3 is 2.32 bits per heavy atom. The summed E-state index contributed by atoms with van der Waals surface area (Å²) in [4.78, 5) is 45.5. The monoisotopic (exact) mass is 584 g/mol. The number of nitrogens with zero attached hydrogens (tertiary/aromatic N) is 4. The molecule has 2 atom stereocenters. The molecular weight excluding hydrogens is 547 g/mol. The number of hydrogen-bond acceptors (Lipinski definition) is 5. The molecule has 2 aromatic carbocycles. The maximum Gasteiger partial charge on any atom is 0.414 e. The summed E-state index contributed by atoms with van der Waals surface area (Å²) in [5, 5.41) is 0.594. The van der Waals surface area contributed by atoms with Crippen LogP contribution < -0.4 is 4.90 Å². The molecule has 8 nitrogen and oxygen atoms in total. The minimum absolute atomic E-state index is 0.0427. The first-order valence-corrected chi connectivity index (χ1v) is 14.8. The van der Waals surface area contributed by atoms with Crippen molar-refractivity contribution in [1.82, 2.24) is 14.7 Å². The van der Waals surface area contributed by atoms with Crippen molar-refractivity contribution < 1.29 is 23.5 Å². The van der Waals surface area contributed by atoms with E-state index in [1.54, 1.807) is 45.9 Å². The predicted octanol–water partition coefficient (Wildman–Crippen LogP) is 4.84. The lowest BCUT2D eigenvalue weighted by atomic mass is 10.0. The summed E-state index contributed by atoms with van der Waals surface area (Å²) in [6, 6.07) is 11.8. The number of benzene rings is 2. The van der Waals surface area contributed by atoms with Gasteiger partial charge in [0.1, 0.15) is 11.9 Å². The lowest BCUT2D eigenvalue weighted by Gasteiger charge is -2.32. The van der Waals surface area contributed by atoms with E-state index in [0.717, 1.165) is 31.6 Å². The highest BCUT2D eigenvalue weighted by Gasteiger charge is 2.41. The molecule has 41 heavy (non-hydrogen) atoms. The average molecular weight is 585 g/mol. The minimum Gasteiger partial charge on any atom is -0.446 e. The molecule has 3 heterocycles. The van der Waals surface area contributed by atoms with Crippen molar-refractivity contribution in [1.29, 1.82) is 0 Å². The van der Waals surface area contributed by atoms with E-state index in [-0.39, 0.29) is 23.5 Å². The van der Waals surface area contributed by atoms with Gasteiger partial charge in [0.15, 0.2) is 0 Å². The van der Waals surface area contributed by atoms with E-state index in [2.05, 4.69) is 4.90 Å². The molecular formula is C31H38ClFN4O4. The Hall–Kier alpha value is -3.17. The van der Waals surface area contributed by atoms with Crippen LogP contribution in [0.1, 0.15) is 42.1 Å². The number of piperidine rings is 1. The van der Waals surface area contributed by atoms with E-state index in [1.807, 2.05) is 19.1 Å². The summed E-state index contributed by atoms with van der Waals surface area (Å²) in [5.74, 6) is 0.0610. The second-order valence-electron chi connectivity index (χ2n) is 11.5. The molecule has 220 valence electrons. The molecule has 3 aliphatic rings. The first kappa shape index (κ1) is 29.3. The highest BCUT2D eigenvalue weighted by atomic mass is 35.5. The quantitative estimate of drug-likeness (QED) is 0.466. The van der Waals surface area contributed by atoms with Gasteiger partial charge in [0.2, 0.25) is 5.91 Å². The number of halogens is 2. The van der Waals surface area contributed by atoms with Gasteiger partial charge in [-0.3, -0.25) is 14.5 Å². The maximum absolute atomic E-state index is 14.1. The van der Waals surface area contributed by atoms with Crippen LogP contribution in [-0.2, 0) is 9.53 Å². The SMILES string of the molecule is CC(=O)N1CCC(OC(=O)N(CCCN2CC3CN(C(=O)c4ccccc4F)CC3C2)c2ccc(C)c(Cl)c2)CC1. The second kappa shape index (κ2) is 12.8. The fourth-order valence-electron chi connectivity index (χ4n) is 6.27. The Bertz CT molecular complexity index is 1270. The molecule has 2 unspecified atom stereocenters. The first-order valence-electron chi connectivity index (χ1n) is 14.5. The molecule has 3 aliphatic heterocycles. The number of carbonyl (C=O) groups is 3. The van der Waals surface area contributed by atoms with Crippen molar-refractivity contribution in [3.63, 3.8) is 0 Å². The number of hydrogen-bond donors (Lipinski definition) is 0. The van der Waals surface area contributed by atoms with E-state index >= 15 is 0 Å². The van der Waals surface area contributed by atoms with Gasteiger partial charge in [-0.05, 0) is 61.6 Å². The predicted molar refractivity (Wildman–Crippen MR) is 156 cm³/mol. The topological polar surface area (TPSA) is 73.4 Å². The normalized spacial score (nSPS) is 21.2. The zero-order chi connectivity index (χ0) is 29.1. The van der Waals surface area contributed by atoms with Crippen molar-refractivity contribution in [3.8, 4) is 0 Å². The van der Waals surface area contributed by atoms with Crippen LogP contribution in [0.3, 0.4) is 0 Å². The number of fused-ring (bicyclic) bond motifs is 1. The lowest BCUT2D eigenvalue weighted by Crippen LogP contribution is -2.43. The summed E-state index contributed by atoms with van der Waals surface area (Å²) in [6.07, 6.45) is 1.38. The van der Waals surface area contributed by atoms with Gasteiger partial charge in [0, 0.05) is 76.3 Å². The van der Waals surface area contributed by atoms with Gasteiger partial charge in [0.25, 0.3) is 5.91 Å². The Balaban J connectivity index is 1.14. The first-order chi connectivity index (χ1) is 19.7. The molecule has 0 saturated carbocycles. The Kier molecular flexibility index (Phi) is 9.14. The molecule has 0 radical (unpaired) electrons. The third-order valence-electron chi connectivity index (χ3n) is 8.65. The number of aryl methyl sites for hydroxylation is 1. The second-order valence-corrected chi connectivity index (χ2v) is 11.9. The minimum atomic E-state index is -0.476. The molecule has 3 amide bonds. The Morgan fingerprint density at radius 2 is 1.68 bits per heavy atom. The number of amides is 3. The van der Waals surface area contributed by atoms with Gasteiger partial charge >= 0.3 is 6.09 Å². The largest absolute Gasteiger partial charge is 0.446 e. The highest BCUT2D eigenvalue weighted by molar-refractivity contribution is 6.31. The van der Waals surface area contributed by atoms with Gasteiger partial charge < -0.3 is 19.4 Å². The van der Waals surface area contributed by atoms with Crippen LogP contribution in [0.4, 0.5) is 14.9 Å². The summed E-state index contributed by atoms with van der Waals surface area (Å²) >= 11 is 6.40. The lowest BCUT2D eigenvalue weighted by molar-refractivity contribution is -0.130. The molecule has 10 heteroatoms. The maximum atomic E-state index is 14.1. The standard InChI is InChI=1S/C31H38ClFN4O4/c1-21-8-9-25(16-28(21)32)37(31(40)41-26-10-14-35(15-11-26)22(2)38)13-5-12-34-17-23-19-36(20-24(23)18-34)30(39)27-6-3-4-7-29(27)33/h3-4,6-9,16,23-24,26H,5,10-15,17-20H2,1-2H3. The molecule has 3 fully saturated rings. The number of carbonyl (C=O) groups excluding carboxylic acids is 3. The third kappa shape index (κ3) is 6.84. The summed E-state index contributed by atoms with van der Waals surface area (Å²) in [6.45, 7) is 8.98. The smallest absolute Gasteiger partial charge is 0.414 e. The zero-order valence-corrected chi connectivity index (χ0v) is 24.5. The van der Waals surface area contributed by atoms with Gasteiger partial charge in [-0.1, -0.05) is 29.8 Å². The molecule has 3 saturated heterocycles. The fourth-order valence-corrected chi connectivity index (χ4v) is 6.44. The molecule has 0 aliphatic carbocycles. The fraction of sp³-hybridized carbons (Fsp3) is 0.516. The summed E-state index contributed by atoms with van der Waals surface area (Å²) in [7, 11) is 0. The van der Waals surface area contributed by atoms with Gasteiger partial charge in [-0.25, -0.2) is 9.18 Å². The molecule has 5 rings (SSSR count). The highest BCUT2D eigenvalue weighted by Crippen LogP contribution is 2.32. The average Bonchev–Trinajstić information content (AvgIpc) is 3.52. The van der Waals surface area contributed by atoms with Crippen LogP contribution in [0.15, 0.2) is 42.5 Å². The summed E-state index contributed by atoms with van der Waals surface area (Å²) < 4.78 is 20.0. The van der Waals surface area contributed by atoms with Crippen molar-refractivity contribution in [2.24, 2.45) is 11.8 Å². The number of likely N-dealkylation sites (tertiary alicyclic amines) is 3. The van der Waals surface area contributed by atoms with Crippen LogP contribution in [0, 0.1) is 24.6 Å². The summed E-state index contributed by atoms with van der Waals surface area (Å²) in [5.41, 5.74) is 1.77. The van der Waals surface area contributed by atoms with Crippen LogP contribution in [0.5, 0.6) is 0 Å². The van der Waals surface area contributed by atoms with Gasteiger partial charge in [0.05, 0.1) is 5.56 Å². The van der Waals surface area contributed by atoms with E-state index in [0.29, 0.717) is 68.1 Å².